The monoisotopic (exact) mass is 256 g/mol. The van der Waals surface area contributed by atoms with Gasteiger partial charge in [-0.2, -0.15) is 0 Å². The second kappa shape index (κ2) is 4.75. The summed E-state index contributed by atoms with van der Waals surface area (Å²) in [6.45, 7) is 3.50. The molecular formula is C10H13BrN2O. The highest BCUT2D eigenvalue weighted by atomic mass is 79.9. The van der Waals surface area contributed by atoms with Crippen molar-refractivity contribution in [3.63, 3.8) is 0 Å². The van der Waals surface area contributed by atoms with Gasteiger partial charge in [0.2, 0.25) is 0 Å². The summed E-state index contributed by atoms with van der Waals surface area (Å²) in [5.41, 5.74) is 1.08. The summed E-state index contributed by atoms with van der Waals surface area (Å²) >= 11 is 3.41. The van der Waals surface area contributed by atoms with Crippen molar-refractivity contribution < 1.29 is 4.74 Å². The van der Waals surface area contributed by atoms with Gasteiger partial charge in [-0.3, -0.25) is 0 Å². The van der Waals surface area contributed by atoms with Crippen molar-refractivity contribution in [1.29, 1.82) is 0 Å². The zero-order valence-corrected chi connectivity index (χ0v) is 9.53. The van der Waals surface area contributed by atoms with Gasteiger partial charge >= 0.3 is 0 Å². The van der Waals surface area contributed by atoms with E-state index in [-0.39, 0.29) is 0 Å². The van der Waals surface area contributed by atoms with E-state index in [1.54, 1.807) is 0 Å². The average Bonchev–Trinajstić information content (AvgIpc) is 2.30. The van der Waals surface area contributed by atoms with Gasteiger partial charge in [0.15, 0.2) is 0 Å². The van der Waals surface area contributed by atoms with Crippen LogP contribution in [0.5, 0.6) is 0 Å². The minimum Gasteiger partial charge on any atom is -0.378 e. The molecule has 0 amide bonds. The lowest BCUT2D eigenvalue weighted by Crippen LogP contribution is -2.36. The molecule has 0 radical (unpaired) electrons. The molecular weight excluding hydrogens is 244 g/mol. The molecule has 14 heavy (non-hydrogen) atoms. The fraction of sp³-hybridized carbons (Fsp3) is 0.500. The van der Waals surface area contributed by atoms with Crippen molar-refractivity contribution >= 4 is 21.7 Å². The van der Waals surface area contributed by atoms with Gasteiger partial charge in [0, 0.05) is 18.4 Å². The van der Waals surface area contributed by atoms with E-state index in [2.05, 4.69) is 31.9 Å². The third-order valence-electron chi connectivity index (χ3n) is 2.26. The highest BCUT2D eigenvalue weighted by molar-refractivity contribution is 9.08. The van der Waals surface area contributed by atoms with Crippen LogP contribution in [0, 0.1) is 0 Å². The number of aromatic nitrogens is 1. The quantitative estimate of drug-likeness (QED) is 0.755. The van der Waals surface area contributed by atoms with E-state index >= 15 is 0 Å². The summed E-state index contributed by atoms with van der Waals surface area (Å²) < 4.78 is 5.30. The highest BCUT2D eigenvalue weighted by Gasteiger charge is 2.11. The summed E-state index contributed by atoms with van der Waals surface area (Å²) in [5.74, 6) is 1.06. The zero-order chi connectivity index (χ0) is 9.80. The molecule has 1 aromatic rings. The van der Waals surface area contributed by atoms with E-state index in [0.29, 0.717) is 0 Å². The second-order valence-corrected chi connectivity index (χ2v) is 3.78. The maximum absolute atomic E-state index is 5.30. The molecule has 1 aromatic heterocycles. The topological polar surface area (TPSA) is 25.4 Å². The molecule has 1 saturated heterocycles. The van der Waals surface area contributed by atoms with E-state index in [1.165, 1.54) is 0 Å². The molecule has 0 atom stereocenters. The second-order valence-electron chi connectivity index (χ2n) is 3.22. The van der Waals surface area contributed by atoms with Crippen LogP contribution in [0.15, 0.2) is 18.2 Å². The Labute approximate surface area is 92.2 Å². The Morgan fingerprint density at radius 2 is 2.14 bits per heavy atom. The van der Waals surface area contributed by atoms with Crippen LogP contribution in [0.3, 0.4) is 0 Å². The molecule has 2 rings (SSSR count). The van der Waals surface area contributed by atoms with E-state index in [0.717, 1.165) is 43.1 Å². The zero-order valence-electron chi connectivity index (χ0n) is 7.95. The van der Waals surface area contributed by atoms with E-state index in [1.807, 2.05) is 12.1 Å². The first-order valence-corrected chi connectivity index (χ1v) is 5.87. The summed E-state index contributed by atoms with van der Waals surface area (Å²) in [6.07, 6.45) is 0. The number of hydrogen-bond donors (Lipinski definition) is 0. The smallest absolute Gasteiger partial charge is 0.128 e. The van der Waals surface area contributed by atoms with Crippen molar-refractivity contribution in [1.82, 2.24) is 4.98 Å². The normalized spacial score (nSPS) is 17.1. The maximum Gasteiger partial charge on any atom is 0.128 e. The molecule has 4 heteroatoms. The van der Waals surface area contributed by atoms with Crippen molar-refractivity contribution in [3.8, 4) is 0 Å². The Morgan fingerprint density at radius 3 is 2.86 bits per heavy atom. The molecule has 0 unspecified atom stereocenters. The van der Waals surface area contributed by atoms with Crippen molar-refractivity contribution in [2.24, 2.45) is 0 Å². The van der Waals surface area contributed by atoms with Gasteiger partial charge in [-0.15, -0.1) is 0 Å². The number of rotatable bonds is 2. The molecule has 1 aliphatic heterocycles. The van der Waals surface area contributed by atoms with Crippen LogP contribution in [-0.2, 0) is 10.1 Å². The Balaban J connectivity index is 2.13. The van der Waals surface area contributed by atoms with Crippen LogP contribution in [0.25, 0.3) is 0 Å². The number of anilines is 1. The minimum atomic E-state index is 0.806. The van der Waals surface area contributed by atoms with E-state index < -0.39 is 0 Å². The first kappa shape index (κ1) is 9.93. The molecule has 0 aromatic carbocycles. The van der Waals surface area contributed by atoms with Gasteiger partial charge in [-0.05, 0) is 12.1 Å². The number of halogens is 1. The molecule has 1 aliphatic rings. The van der Waals surface area contributed by atoms with Crippen LogP contribution in [-0.4, -0.2) is 31.3 Å². The van der Waals surface area contributed by atoms with Crippen LogP contribution < -0.4 is 4.90 Å². The standard InChI is InChI=1S/C10H13BrN2O/c11-8-9-2-1-3-10(12-9)13-4-6-14-7-5-13/h1-3H,4-8H2. The SMILES string of the molecule is BrCc1cccc(N2CCOCC2)n1. The average molecular weight is 257 g/mol. The van der Waals surface area contributed by atoms with Gasteiger partial charge in [0.05, 0.1) is 18.9 Å². The molecule has 0 N–H and O–H groups in total. The number of alkyl halides is 1. The lowest BCUT2D eigenvalue weighted by atomic mass is 10.3. The first-order valence-electron chi connectivity index (χ1n) is 4.75. The molecule has 0 aliphatic carbocycles. The predicted molar refractivity (Wildman–Crippen MR) is 59.9 cm³/mol. The fourth-order valence-corrected chi connectivity index (χ4v) is 1.82. The van der Waals surface area contributed by atoms with Gasteiger partial charge < -0.3 is 9.64 Å². The van der Waals surface area contributed by atoms with Crippen LogP contribution >= 0.6 is 15.9 Å². The summed E-state index contributed by atoms with van der Waals surface area (Å²) in [4.78, 5) is 6.80. The number of nitrogens with zero attached hydrogens (tertiary/aromatic N) is 2. The van der Waals surface area contributed by atoms with Crippen molar-refractivity contribution in [2.75, 3.05) is 31.2 Å². The number of morpholine rings is 1. The molecule has 0 bridgehead atoms. The van der Waals surface area contributed by atoms with Crippen molar-refractivity contribution in [3.05, 3.63) is 23.9 Å². The third kappa shape index (κ3) is 2.25. The Hall–Kier alpha value is -0.610. The summed E-state index contributed by atoms with van der Waals surface area (Å²) in [7, 11) is 0. The molecule has 0 saturated carbocycles. The highest BCUT2D eigenvalue weighted by Crippen LogP contribution is 2.14. The Kier molecular flexibility index (Phi) is 3.37. The summed E-state index contributed by atoms with van der Waals surface area (Å²) in [5, 5.41) is 0.811. The van der Waals surface area contributed by atoms with Crippen molar-refractivity contribution in [2.45, 2.75) is 5.33 Å². The van der Waals surface area contributed by atoms with Crippen LogP contribution in [0.1, 0.15) is 5.69 Å². The van der Waals surface area contributed by atoms with Gasteiger partial charge in [0.25, 0.3) is 0 Å². The first-order chi connectivity index (χ1) is 6.90. The van der Waals surface area contributed by atoms with Gasteiger partial charge in [-0.25, -0.2) is 4.98 Å². The van der Waals surface area contributed by atoms with Crippen LogP contribution in [0.4, 0.5) is 5.82 Å². The van der Waals surface area contributed by atoms with Gasteiger partial charge in [0.1, 0.15) is 5.82 Å². The molecule has 76 valence electrons. The Bertz CT molecular complexity index is 300. The number of pyridine rings is 1. The molecule has 1 fully saturated rings. The number of ether oxygens (including phenoxy) is 1. The lowest BCUT2D eigenvalue weighted by molar-refractivity contribution is 0.122. The number of hydrogen-bond acceptors (Lipinski definition) is 3. The van der Waals surface area contributed by atoms with E-state index in [9.17, 15) is 0 Å². The van der Waals surface area contributed by atoms with E-state index in [4.69, 9.17) is 4.74 Å². The fourth-order valence-electron chi connectivity index (χ4n) is 1.51. The molecule has 3 nitrogen and oxygen atoms in total. The van der Waals surface area contributed by atoms with Gasteiger partial charge in [-0.1, -0.05) is 22.0 Å². The lowest BCUT2D eigenvalue weighted by Gasteiger charge is -2.27. The Morgan fingerprint density at radius 1 is 1.36 bits per heavy atom. The maximum atomic E-state index is 5.30. The molecule has 0 spiro atoms. The largest absolute Gasteiger partial charge is 0.378 e. The van der Waals surface area contributed by atoms with Crippen LogP contribution in [0.2, 0.25) is 0 Å². The minimum absolute atomic E-state index is 0.806. The third-order valence-corrected chi connectivity index (χ3v) is 2.84. The molecule has 2 heterocycles. The predicted octanol–water partition coefficient (Wildman–Crippen LogP) is 1.81. The summed E-state index contributed by atoms with van der Waals surface area (Å²) in [6, 6.07) is 6.13.